The molecule has 4 aromatic rings. The van der Waals surface area contributed by atoms with Gasteiger partial charge in [0.15, 0.2) is 0 Å². The molecule has 0 aliphatic rings. The molecule has 0 spiro atoms. The summed E-state index contributed by atoms with van der Waals surface area (Å²) in [5.41, 5.74) is 1.17. The summed E-state index contributed by atoms with van der Waals surface area (Å²) < 4.78 is 58.3. The second kappa shape index (κ2) is 7.12. The first-order valence-corrected chi connectivity index (χ1v) is 8.55. The summed E-state index contributed by atoms with van der Waals surface area (Å²) in [5.74, 6) is -0.116. The molecule has 0 amide bonds. The highest BCUT2D eigenvalue weighted by molar-refractivity contribution is 5.86. The number of nitrogens with zero attached hydrogens (tertiary/aromatic N) is 3. The molecule has 0 bridgehead atoms. The molecule has 8 heteroatoms. The second-order valence-electron chi connectivity index (χ2n) is 6.31. The van der Waals surface area contributed by atoms with Crippen molar-refractivity contribution in [3.8, 4) is 22.9 Å². The minimum atomic E-state index is -4.41. The van der Waals surface area contributed by atoms with Crippen LogP contribution in [0.1, 0.15) is 11.3 Å². The van der Waals surface area contributed by atoms with E-state index in [4.69, 9.17) is 4.74 Å². The Morgan fingerprint density at radius 3 is 2.41 bits per heavy atom. The number of aryl methyl sites for hydroxylation is 1. The Labute approximate surface area is 162 Å². The van der Waals surface area contributed by atoms with E-state index in [-0.39, 0.29) is 17.0 Å². The van der Waals surface area contributed by atoms with E-state index < -0.39 is 17.6 Å². The van der Waals surface area contributed by atoms with Crippen LogP contribution in [0.15, 0.2) is 60.9 Å². The molecule has 146 valence electrons. The van der Waals surface area contributed by atoms with Gasteiger partial charge in [0.1, 0.15) is 17.9 Å². The van der Waals surface area contributed by atoms with Gasteiger partial charge in [-0.2, -0.15) is 13.2 Å². The quantitative estimate of drug-likeness (QED) is 0.400. The number of halogens is 4. The van der Waals surface area contributed by atoms with E-state index in [9.17, 15) is 17.6 Å². The molecule has 0 N–H and O–H groups in total. The van der Waals surface area contributed by atoms with Crippen LogP contribution in [0.4, 0.5) is 17.6 Å². The van der Waals surface area contributed by atoms with E-state index >= 15 is 0 Å². The molecule has 0 unspecified atom stereocenters. The van der Waals surface area contributed by atoms with Crippen LogP contribution in [-0.4, -0.2) is 15.0 Å². The van der Waals surface area contributed by atoms with Crippen molar-refractivity contribution in [2.75, 3.05) is 0 Å². The molecule has 2 heterocycles. The van der Waals surface area contributed by atoms with Crippen LogP contribution in [0, 0.1) is 12.7 Å². The number of alkyl halides is 3. The smallest absolute Gasteiger partial charge is 0.416 e. The number of fused-ring (bicyclic) bond motifs is 1. The van der Waals surface area contributed by atoms with Gasteiger partial charge in [0.2, 0.25) is 5.88 Å². The summed E-state index contributed by atoms with van der Waals surface area (Å²) >= 11 is 0. The maximum atomic E-state index is 14.3. The zero-order valence-corrected chi connectivity index (χ0v) is 15.0. The van der Waals surface area contributed by atoms with Crippen LogP contribution in [0.2, 0.25) is 0 Å². The van der Waals surface area contributed by atoms with Gasteiger partial charge >= 0.3 is 6.18 Å². The molecule has 2 aromatic carbocycles. The molecule has 0 fully saturated rings. The highest BCUT2D eigenvalue weighted by Gasteiger charge is 2.30. The minimum Gasteiger partial charge on any atom is -0.438 e. The first-order chi connectivity index (χ1) is 13.8. The van der Waals surface area contributed by atoms with Gasteiger partial charge in [-0.05, 0) is 31.2 Å². The molecule has 0 atom stereocenters. The van der Waals surface area contributed by atoms with E-state index in [0.29, 0.717) is 22.5 Å². The van der Waals surface area contributed by atoms with Crippen molar-refractivity contribution in [3.05, 3.63) is 78.0 Å². The molecule has 2 aromatic heterocycles. The van der Waals surface area contributed by atoms with Crippen molar-refractivity contribution in [1.82, 2.24) is 15.0 Å². The number of ether oxygens (including phenoxy) is 1. The number of pyridine rings is 1. The normalized spacial score (nSPS) is 11.6. The Kier molecular flexibility index (Phi) is 4.62. The van der Waals surface area contributed by atoms with Gasteiger partial charge in [-0.15, -0.1) is 0 Å². The lowest BCUT2D eigenvalue weighted by Crippen LogP contribution is -2.04. The zero-order chi connectivity index (χ0) is 20.6. The Hall–Kier alpha value is -3.55. The molecule has 4 nitrogen and oxygen atoms in total. The molecule has 4 rings (SSSR count). The maximum Gasteiger partial charge on any atom is 0.416 e. The molecular formula is C21H13F4N3O. The van der Waals surface area contributed by atoms with Gasteiger partial charge < -0.3 is 4.74 Å². The van der Waals surface area contributed by atoms with Crippen LogP contribution in [0.3, 0.4) is 0 Å². The van der Waals surface area contributed by atoms with E-state index in [2.05, 4.69) is 15.0 Å². The van der Waals surface area contributed by atoms with Crippen LogP contribution in [0.5, 0.6) is 11.6 Å². The van der Waals surface area contributed by atoms with Crippen LogP contribution in [-0.2, 0) is 6.18 Å². The minimum absolute atomic E-state index is 0.130. The van der Waals surface area contributed by atoms with Gasteiger partial charge in [-0.3, -0.25) is 4.98 Å². The Balaban J connectivity index is 1.70. The van der Waals surface area contributed by atoms with E-state index in [0.717, 1.165) is 12.1 Å². The molecule has 29 heavy (non-hydrogen) atoms. The first kappa shape index (κ1) is 18.8. The number of rotatable bonds is 3. The number of hydrogen-bond acceptors (Lipinski definition) is 4. The molecule has 0 radical (unpaired) electrons. The maximum absolute atomic E-state index is 14.3. The third kappa shape index (κ3) is 3.87. The zero-order valence-electron chi connectivity index (χ0n) is 15.0. The van der Waals surface area contributed by atoms with Gasteiger partial charge in [-0.25, -0.2) is 14.4 Å². The van der Waals surface area contributed by atoms with Gasteiger partial charge in [0.25, 0.3) is 0 Å². The third-order valence-corrected chi connectivity index (χ3v) is 4.24. The standard InChI is InChI=1S/C21H13F4N3O/c1-12-9-18(20-15(22)3-2-4-16(20)28-12)29-19-10-17(26-11-27-19)13-5-7-14(8-6-13)21(23,24)25/h2-11H,1H3. The average Bonchev–Trinajstić information content (AvgIpc) is 2.67. The number of hydrogen-bond donors (Lipinski definition) is 0. The molecular weight excluding hydrogens is 386 g/mol. The third-order valence-electron chi connectivity index (χ3n) is 4.24. The lowest BCUT2D eigenvalue weighted by molar-refractivity contribution is -0.137. The lowest BCUT2D eigenvalue weighted by Gasteiger charge is -2.11. The fourth-order valence-corrected chi connectivity index (χ4v) is 2.91. The topological polar surface area (TPSA) is 47.9 Å². The molecule has 0 aliphatic heterocycles. The highest BCUT2D eigenvalue weighted by Crippen LogP contribution is 2.33. The van der Waals surface area contributed by atoms with Crippen LogP contribution >= 0.6 is 0 Å². The van der Waals surface area contributed by atoms with E-state index in [1.54, 1.807) is 25.1 Å². The van der Waals surface area contributed by atoms with Crippen molar-refractivity contribution >= 4 is 10.9 Å². The fraction of sp³-hybridized carbons (Fsp3) is 0.0952. The Bertz CT molecular complexity index is 1190. The van der Waals surface area contributed by atoms with Crippen LogP contribution < -0.4 is 4.74 Å². The summed E-state index contributed by atoms with van der Waals surface area (Å²) in [7, 11) is 0. The summed E-state index contributed by atoms with van der Waals surface area (Å²) in [6.45, 7) is 1.75. The van der Waals surface area contributed by atoms with E-state index in [1.165, 1.54) is 30.6 Å². The first-order valence-electron chi connectivity index (χ1n) is 8.55. The Morgan fingerprint density at radius 1 is 0.931 bits per heavy atom. The summed E-state index contributed by atoms with van der Waals surface area (Å²) in [5, 5.41) is 0.216. The van der Waals surface area contributed by atoms with Crippen molar-refractivity contribution in [2.24, 2.45) is 0 Å². The largest absolute Gasteiger partial charge is 0.438 e. The summed E-state index contributed by atoms with van der Waals surface area (Å²) in [6.07, 6.45) is -3.18. The molecule has 0 saturated heterocycles. The monoisotopic (exact) mass is 399 g/mol. The van der Waals surface area contributed by atoms with Crippen molar-refractivity contribution < 1.29 is 22.3 Å². The lowest BCUT2D eigenvalue weighted by atomic mass is 10.1. The second-order valence-corrected chi connectivity index (χ2v) is 6.31. The number of benzene rings is 2. The highest BCUT2D eigenvalue weighted by atomic mass is 19.4. The fourth-order valence-electron chi connectivity index (χ4n) is 2.91. The Morgan fingerprint density at radius 2 is 1.69 bits per heavy atom. The summed E-state index contributed by atoms with van der Waals surface area (Å²) in [6, 6.07) is 12.2. The summed E-state index contributed by atoms with van der Waals surface area (Å²) in [4.78, 5) is 12.4. The van der Waals surface area contributed by atoms with Crippen LogP contribution in [0.25, 0.3) is 22.2 Å². The van der Waals surface area contributed by atoms with Crippen molar-refractivity contribution in [3.63, 3.8) is 0 Å². The predicted molar refractivity (Wildman–Crippen MR) is 99.0 cm³/mol. The van der Waals surface area contributed by atoms with Gasteiger partial charge in [0, 0.05) is 23.4 Å². The number of aromatic nitrogens is 3. The average molecular weight is 399 g/mol. The predicted octanol–water partition coefficient (Wildman–Crippen LogP) is 5.95. The molecule has 0 aliphatic carbocycles. The van der Waals surface area contributed by atoms with Crippen molar-refractivity contribution in [2.45, 2.75) is 13.1 Å². The SMILES string of the molecule is Cc1cc(Oc2cc(-c3ccc(C(F)(F)F)cc3)ncn2)c2c(F)cccc2n1. The van der Waals surface area contributed by atoms with Gasteiger partial charge in [-0.1, -0.05) is 18.2 Å². The van der Waals surface area contributed by atoms with Gasteiger partial charge in [0.05, 0.1) is 22.2 Å². The van der Waals surface area contributed by atoms with E-state index in [1.807, 2.05) is 0 Å². The van der Waals surface area contributed by atoms with Crippen molar-refractivity contribution in [1.29, 1.82) is 0 Å². The molecule has 0 saturated carbocycles.